The lowest BCUT2D eigenvalue weighted by Gasteiger charge is -2.24. The zero-order valence-corrected chi connectivity index (χ0v) is 13.6. The van der Waals surface area contributed by atoms with Gasteiger partial charge in [-0.05, 0) is 42.9 Å². The molecule has 1 unspecified atom stereocenters. The Morgan fingerprint density at radius 1 is 1.13 bits per heavy atom. The quantitative estimate of drug-likeness (QED) is 0.841. The SMILES string of the molecule is Cc1ccccc1CC1CCCN1C(=O)OCc1ccccc1. The molecule has 0 spiro atoms. The normalized spacial score (nSPS) is 17.3. The molecule has 0 N–H and O–H groups in total. The van der Waals surface area contributed by atoms with E-state index >= 15 is 0 Å². The van der Waals surface area contributed by atoms with Crippen LogP contribution >= 0.6 is 0 Å². The third-order valence-corrected chi connectivity index (χ3v) is 4.53. The van der Waals surface area contributed by atoms with Gasteiger partial charge in [-0.3, -0.25) is 0 Å². The number of likely N-dealkylation sites (tertiary alicyclic amines) is 1. The fraction of sp³-hybridized carbons (Fsp3) is 0.350. The summed E-state index contributed by atoms with van der Waals surface area (Å²) in [5, 5.41) is 0. The van der Waals surface area contributed by atoms with Crippen molar-refractivity contribution in [3.05, 3.63) is 71.3 Å². The topological polar surface area (TPSA) is 29.5 Å². The lowest BCUT2D eigenvalue weighted by atomic mass is 10.00. The Hall–Kier alpha value is -2.29. The fourth-order valence-electron chi connectivity index (χ4n) is 3.18. The number of ether oxygens (including phenoxy) is 1. The second-order valence-electron chi connectivity index (χ2n) is 6.16. The molecule has 3 heteroatoms. The second kappa shape index (κ2) is 7.32. The maximum atomic E-state index is 12.4. The van der Waals surface area contributed by atoms with Crippen LogP contribution in [0.15, 0.2) is 54.6 Å². The summed E-state index contributed by atoms with van der Waals surface area (Å²) in [4.78, 5) is 14.3. The van der Waals surface area contributed by atoms with Gasteiger partial charge in [0.05, 0.1) is 0 Å². The van der Waals surface area contributed by atoms with Gasteiger partial charge >= 0.3 is 6.09 Å². The molecule has 3 rings (SSSR count). The monoisotopic (exact) mass is 309 g/mol. The maximum absolute atomic E-state index is 12.4. The lowest BCUT2D eigenvalue weighted by molar-refractivity contribution is 0.0921. The highest BCUT2D eigenvalue weighted by molar-refractivity contribution is 5.68. The lowest BCUT2D eigenvalue weighted by Crippen LogP contribution is -2.37. The number of amides is 1. The molecular formula is C20H23NO2. The Balaban J connectivity index is 1.60. The highest BCUT2D eigenvalue weighted by Gasteiger charge is 2.30. The summed E-state index contributed by atoms with van der Waals surface area (Å²) in [6.45, 7) is 3.26. The molecule has 1 amide bonds. The van der Waals surface area contributed by atoms with Gasteiger partial charge in [0, 0.05) is 12.6 Å². The van der Waals surface area contributed by atoms with Crippen molar-refractivity contribution in [1.29, 1.82) is 0 Å². The molecule has 1 heterocycles. The van der Waals surface area contributed by atoms with Crippen molar-refractivity contribution < 1.29 is 9.53 Å². The van der Waals surface area contributed by atoms with Gasteiger partial charge in [-0.25, -0.2) is 4.79 Å². The van der Waals surface area contributed by atoms with E-state index in [1.165, 1.54) is 11.1 Å². The zero-order chi connectivity index (χ0) is 16.1. The summed E-state index contributed by atoms with van der Waals surface area (Å²) < 4.78 is 5.50. The summed E-state index contributed by atoms with van der Waals surface area (Å²) in [6, 6.07) is 18.5. The van der Waals surface area contributed by atoms with E-state index in [4.69, 9.17) is 4.74 Å². The van der Waals surface area contributed by atoms with Crippen molar-refractivity contribution in [2.75, 3.05) is 6.54 Å². The number of benzene rings is 2. The Bertz CT molecular complexity index is 654. The van der Waals surface area contributed by atoms with E-state index in [0.717, 1.165) is 31.4 Å². The minimum absolute atomic E-state index is 0.190. The van der Waals surface area contributed by atoms with Crippen molar-refractivity contribution in [3.8, 4) is 0 Å². The van der Waals surface area contributed by atoms with E-state index in [2.05, 4.69) is 31.2 Å². The smallest absolute Gasteiger partial charge is 0.410 e. The van der Waals surface area contributed by atoms with Crippen LogP contribution in [0, 0.1) is 6.92 Å². The molecule has 1 atom stereocenters. The first-order chi connectivity index (χ1) is 11.2. The first-order valence-electron chi connectivity index (χ1n) is 8.26. The molecule has 23 heavy (non-hydrogen) atoms. The minimum atomic E-state index is -0.190. The van der Waals surface area contributed by atoms with Crippen molar-refractivity contribution in [1.82, 2.24) is 4.90 Å². The van der Waals surface area contributed by atoms with Crippen LogP contribution in [0.25, 0.3) is 0 Å². The minimum Gasteiger partial charge on any atom is -0.445 e. The molecule has 1 saturated heterocycles. The first-order valence-corrected chi connectivity index (χ1v) is 8.26. The second-order valence-corrected chi connectivity index (χ2v) is 6.16. The standard InChI is InChI=1S/C20H23NO2/c1-16-8-5-6-11-18(16)14-19-12-7-13-21(19)20(22)23-15-17-9-3-2-4-10-17/h2-6,8-11,19H,7,12-15H2,1H3. The van der Waals surface area contributed by atoms with Gasteiger partial charge in [0.2, 0.25) is 0 Å². The molecule has 0 saturated carbocycles. The molecule has 1 aliphatic rings. The predicted molar refractivity (Wildman–Crippen MR) is 91.2 cm³/mol. The van der Waals surface area contributed by atoms with Crippen LogP contribution in [-0.4, -0.2) is 23.6 Å². The Morgan fingerprint density at radius 3 is 2.65 bits per heavy atom. The van der Waals surface area contributed by atoms with Crippen LogP contribution in [-0.2, 0) is 17.8 Å². The van der Waals surface area contributed by atoms with Gasteiger partial charge in [0.1, 0.15) is 6.61 Å². The van der Waals surface area contributed by atoms with Crippen LogP contribution in [0.4, 0.5) is 4.79 Å². The van der Waals surface area contributed by atoms with Crippen molar-refractivity contribution >= 4 is 6.09 Å². The number of nitrogens with zero attached hydrogens (tertiary/aromatic N) is 1. The molecular weight excluding hydrogens is 286 g/mol. The van der Waals surface area contributed by atoms with E-state index in [1.807, 2.05) is 35.2 Å². The number of carbonyl (C=O) groups is 1. The van der Waals surface area contributed by atoms with Crippen molar-refractivity contribution in [2.45, 2.75) is 38.8 Å². The third kappa shape index (κ3) is 3.92. The largest absolute Gasteiger partial charge is 0.445 e. The number of hydrogen-bond donors (Lipinski definition) is 0. The summed E-state index contributed by atoms with van der Waals surface area (Å²) >= 11 is 0. The molecule has 1 fully saturated rings. The van der Waals surface area contributed by atoms with Crippen LogP contribution in [0.2, 0.25) is 0 Å². The highest BCUT2D eigenvalue weighted by atomic mass is 16.6. The summed E-state index contributed by atoms with van der Waals surface area (Å²) in [6.07, 6.45) is 2.82. The number of rotatable bonds is 4. The average molecular weight is 309 g/mol. The van der Waals surface area contributed by atoms with E-state index in [9.17, 15) is 4.79 Å². The molecule has 2 aromatic rings. The van der Waals surface area contributed by atoms with Crippen LogP contribution in [0.3, 0.4) is 0 Å². The molecule has 0 radical (unpaired) electrons. The summed E-state index contributed by atoms with van der Waals surface area (Å²) in [5.41, 5.74) is 3.63. The molecule has 3 nitrogen and oxygen atoms in total. The van der Waals surface area contributed by atoms with Crippen molar-refractivity contribution in [3.63, 3.8) is 0 Å². The summed E-state index contributed by atoms with van der Waals surface area (Å²) in [7, 11) is 0. The molecule has 2 aromatic carbocycles. The van der Waals surface area contributed by atoms with E-state index in [1.54, 1.807) is 0 Å². The predicted octanol–water partition coefficient (Wildman–Crippen LogP) is 4.34. The van der Waals surface area contributed by atoms with Gasteiger partial charge in [0.15, 0.2) is 0 Å². The average Bonchev–Trinajstić information content (AvgIpc) is 3.04. The Labute approximate surface area is 137 Å². The van der Waals surface area contributed by atoms with Crippen LogP contribution < -0.4 is 0 Å². The van der Waals surface area contributed by atoms with Gasteiger partial charge in [0.25, 0.3) is 0 Å². The summed E-state index contributed by atoms with van der Waals surface area (Å²) in [5.74, 6) is 0. The molecule has 0 bridgehead atoms. The van der Waals surface area contributed by atoms with Crippen LogP contribution in [0.1, 0.15) is 29.5 Å². The van der Waals surface area contributed by atoms with E-state index in [0.29, 0.717) is 6.61 Å². The Morgan fingerprint density at radius 2 is 1.87 bits per heavy atom. The van der Waals surface area contributed by atoms with E-state index in [-0.39, 0.29) is 12.1 Å². The van der Waals surface area contributed by atoms with Crippen LogP contribution in [0.5, 0.6) is 0 Å². The number of aryl methyl sites for hydroxylation is 1. The number of hydrogen-bond acceptors (Lipinski definition) is 2. The fourth-order valence-corrected chi connectivity index (χ4v) is 3.18. The first kappa shape index (κ1) is 15.6. The molecule has 120 valence electrons. The molecule has 0 aromatic heterocycles. The Kier molecular flexibility index (Phi) is 4.96. The maximum Gasteiger partial charge on any atom is 0.410 e. The van der Waals surface area contributed by atoms with Crippen molar-refractivity contribution in [2.24, 2.45) is 0 Å². The highest BCUT2D eigenvalue weighted by Crippen LogP contribution is 2.23. The number of carbonyl (C=O) groups excluding carboxylic acids is 1. The zero-order valence-electron chi connectivity index (χ0n) is 13.6. The molecule has 1 aliphatic heterocycles. The molecule has 0 aliphatic carbocycles. The van der Waals surface area contributed by atoms with Gasteiger partial charge < -0.3 is 9.64 Å². The van der Waals surface area contributed by atoms with Gasteiger partial charge in [-0.15, -0.1) is 0 Å². The van der Waals surface area contributed by atoms with E-state index < -0.39 is 0 Å². The van der Waals surface area contributed by atoms with Gasteiger partial charge in [-0.2, -0.15) is 0 Å². The third-order valence-electron chi connectivity index (χ3n) is 4.53. The van der Waals surface area contributed by atoms with Gasteiger partial charge in [-0.1, -0.05) is 54.6 Å².